The minimum Gasteiger partial charge on any atom is -0.350 e. The summed E-state index contributed by atoms with van der Waals surface area (Å²) in [5.41, 5.74) is 4.92. The van der Waals surface area contributed by atoms with Crippen molar-refractivity contribution in [2.75, 3.05) is 6.54 Å². The average Bonchev–Trinajstić information content (AvgIpc) is 3.06. The lowest BCUT2D eigenvalue weighted by Gasteiger charge is -2.30. The molecule has 0 radical (unpaired) electrons. The van der Waals surface area contributed by atoms with E-state index in [0.29, 0.717) is 18.2 Å². The van der Waals surface area contributed by atoms with Crippen molar-refractivity contribution < 1.29 is 4.79 Å². The fourth-order valence-corrected chi connectivity index (χ4v) is 3.06. The number of rotatable bonds is 4. The predicted molar refractivity (Wildman–Crippen MR) is 87.0 cm³/mol. The Morgan fingerprint density at radius 1 is 1.22 bits per heavy atom. The van der Waals surface area contributed by atoms with Crippen LogP contribution in [-0.2, 0) is 6.42 Å². The molecule has 5 nitrogen and oxygen atoms in total. The van der Waals surface area contributed by atoms with Gasteiger partial charge in [-0.2, -0.15) is 5.10 Å². The van der Waals surface area contributed by atoms with E-state index in [-0.39, 0.29) is 5.91 Å². The van der Waals surface area contributed by atoms with Crippen molar-refractivity contribution in [3.8, 4) is 11.1 Å². The van der Waals surface area contributed by atoms with Gasteiger partial charge in [-0.1, -0.05) is 24.3 Å². The van der Waals surface area contributed by atoms with E-state index in [0.717, 1.165) is 17.5 Å². The van der Waals surface area contributed by atoms with Crippen molar-refractivity contribution in [3.63, 3.8) is 0 Å². The molecule has 5 heteroatoms. The molecule has 0 saturated carbocycles. The van der Waals surface area contributed by atoms with Crippen molar-refractivity contribution in [2.45, 2.75) is 12.3 Å². The van der Waals surface area contributed by atoms with Crippen LogP contribution in [0.2, 0.25) is 0 Å². The van der Waals surface area contributed by atoms with Crippen LogP contribution in [0.4, 0.5) is 0 Å². The smallest absolute Gasteiger partial charge is 0.269 e. The molecule has 3 aromatic rings. The highest BCUT2D eigenvalue weighted by Gasteiger charge is 2.26. The van der Waals surface area contributed by atoms with Gasteiger partial charge in [0.15, 0.2) is 0 Å². The number of amides is 1. The predicted octanol–water partition coefficient (Wildman–Crippen LogP) is 2.54. The quantitative estimate of drug-likeness (QED) is 0.778. The Morgan fingerprint density at radius 3 is 2.87 bits per heavy atom. The first-order valence-corrected chi connectivity index (χ1v) is 7.62. The van der Waals surface area contributed by atoms with E-state index in [2.05, 4.69) is 38.7 Å². The number of nitrogens with zero attached hydrogens (tertiary/aromatic N) is 2. The third-order valence-corrected chi connectivity index (χ3v) is 4.33. The summed E-state index contributed by atoms with van der Waals surface area (Å²) in [5, 5.41) is 9.82. The maximum Gasteiger partial charge on any atom is 0.269 e. The molecule has 1 aliphatic rings. The summed E-state index contributed by atoms with van der Waals surface area (Å²) in [6, 6.07) is 12.1. The van der Waals surface area contributed by atoms with Gasteiger partial charge in [0, 0.05) is 30.4 Å². The number of carbonyl (C=O) groups excluding carboxylic acids is 1. The molecule has 2 aromatic heterocycles. The molecule has 0 bridgehead atoms. The van der Waals surface area contributed by atoms with E-state index in [1.165, 1.54) is 11.1 Å². The number of aromatic nitrogens is 3. The van der Waals surface area contributed by atoms with Crippen LogP contribution in [0, 0.1) is 0 Å². The Labute approximate surface area is 133 Å². The number of H-pyrrole nitrogens is 1. The first-order chi connectivity index (χ1) is 11.3. The van der Waals surface area contributed by atoms with Gasteiger partial charge in [-0.05, 0) is 35.2 Å². The van der Waals surface area contributed by atoms with Crippen LogP contribution in [0.3, 0.4) is 0 Å². The van der Waals surface area contributed by atoms with E-state index in [1.54, 1.807) is 18.6 Å². The average molecular weight is 304 g/mol. The van der Waals surface area contributed by atoms with Gasteiger partial charge >= 0.3 is 0 Å². The first-order valence-electron chi connectivity index (χ1n) is 7.62. The standard InChI is InChI=1S/C18H16N4O/c23-18(20-10-14-9-13-3-1-2-4-15(13)14)17-16(11-21-22-17)12-5-7-19-8-6-12/h1-8,11,14H,9-10H2,(H,20,23)(H,21,22). The van der Waals surface area contributed by atoms with Gasteiger partial charge < -0.3 is 5.32 Å². The van der Waals surface area contributed by atoms with Gasteiger partial charge in [0.1, 0.15) is 5.69 Å². The van der Waals surface area contributed by atoms with E-state index in [4.69, 9.17) is 0 Å². The summed E-state index contributed by atoms with van der Waals surface area (Å²) in [5.74, 6) is 0.279. The number of pyridine rings is 1. The highest BCUT2D eigenvalue weighted by atomic mass is 16.1. The molecule has 23 heavy (non-hydrogen) atoms. The van der Waals surface area contributed by atoms with Crippen LogP contribution in [0.15, 0.2) is 55.0 Å². The van der Waals surface area contributed by atoms with Gasteiger partial charge in [-0.25, -0.2) is 0 Å². The maximum atomic E-state index is 12.5. The number of fused-ring (bicyclic) bond motifs is 1. The number of hydrogen-bond acceptors (Lipinski definition) is 3. The molecule has 114 valence electrons. The van der Waals surface area contributed by atoms with Crippen molar-refractivity contribution in [1.82, 2.24) is 20.5 Å². The second-order valence-corrected chi connectivity index (χ2v) is 5.70. The summed E-state index contributed by atoms with van der Waals surface area (Å²) in [6.07, 6.45) is 6.10. The molecule has 2 heterocycles. The topological polar surface area (TPSA) is 70.7 Å². The summed E-state index contributed by atoms with van der Waals surface area (Å²) in [6.45, 7) is 0.644. The lowest BCUT2D eigenvalue weighted by atomic mass is 9.77. The fourth-order valence-electron chi connectivity index (χ4n) is 3.06. The molecule has 1 amide bonds. The number of aromatic amines is 1. The van der Waals surface area contributed by atoms with Gasteiger partial charge in [0.2, 0.25) is 0 Å². The van der Waals surface area contributed by atoms with E-state index in [9.17, 15) is 4.79 Å². The maximum absolute atomic E-state index is 12.5. The second-order valence-electron chi connectivity index (χ2n) is 5.70. The second kappa shape index (κ2) is 5.68. The zero-order valence-electron chi connectivity index (χ0n) is 12.5. The molecule has 0 spiro atoms. The van der Waals surface area contributed by atoms with Crippen LogP contribution in [0.25, 0.3) is 11.1 Å². The molecule has 1 atom stereocenters. The molecule has 1 aromatic carbocycles. The summed E-state index contributed by atoms with van der Waals surface area (Å²) < 4.78 is 0. The van der Waals surface area contributed by atoms with Crippen LogP contribution >= 0.6 is 0 Å². The molecule has 1 aliphatic carbocycles. The number of hydrogen-bond donors (Lipinski definition) is 2. The molecule has 0 fully saturated rings. The highest BCUT2D eigenvalue weighted by Crippen LogP contribution is 2.34. The number of carbonyl (C=O) groups is 1. The lowest BCUT2D eigenvalue weighted by Crippen LogP contribution is -2.33. The van der Waals surface area contributed by atoms with Gasteiger partial charge in [-0.3, -0.25) is 14.9 Å². The Morgan fingerprint density at radius 2 is 2.04 bits per heavy atom. The van der Waals surface area contributed by atoms with Crippen LogP contribution in [-0.4, -0.2) is 27.6 Å². The molecule has 1 unspecified atom stereocenters. The summed E-state index contributed by atoms with van der Waals surface area (Å²) in [4.78, 5) is 16.5. The lowest BCUT2D eigenvalue weighted by molar-refractivity contribution is 0.0945. The minimum absolute atomic E-state index is 0.126. The number of benzene rings is 1. The fraction of sp³-hybridized carbons (Fsp3) is 0.167. The van der Waals surface area contributed by atoms with Crippen LogP contribution in [0.5, 0.6) is 0 Å². The molecule has 4 rings (SSSR count). The van der Waals surface area contributed by atoms with Crippen molar-refractivity contribution in [1.29, 1.82) is 0 Å². The van der Waals surface area contributed by atoms with Crippen LogP contribution in [0.1, 0.15) is 27.5 Å². The zero-order valence-corrected chi connectivity index (χ0v) is 12.5. The monoisotopic (exact) mass is 304 g/mol. The Balaban J connectivity index is 1.46. The summed E-state index contributed by atoms with van der Waals surface area (Å²) >= 11 is 0. The molecule has 0 aliphatic heterocycles. The number of nitrogens with one attached hydrogen (secondary N) is 2. The van der Waals surface area contributed by atoms with Crippen molar-refractivity contribution >= 4 is 5.91 Å². The third kappa shape index (κ3) is 2.50. The third-order valence-electron chi connectivity index (χ3n) is 4.33. The van der Waals surface area contributed by atoms with Gasteiger partial charge in [0.25, 0.3) is 5.91 Å². The molecule has 0 saturated heterocycles. The molecule has 2 N–H and O–H groups in total. The van der Waals surface area contributed by atoms with E-state index >= 15 is 0 Å². The molecular weight excluding hydrogens is 288 g/mol. The summed E-state index contributed by atoms with van der Waals surface area (Å²) in [7, 11) is 0. The van der Waals surface area contributed by atoms with Crippen molar-refractivity contribution in [3.05, 3.63) is 71.8 Å². The largest absolute Gasteiger partial charge is 0.350 e. The van der Waals surface area contributed by atoms with Crippen molar-refractivity contribution in [2.24, 2.45) is 0 Å². The van der Waals surface area contributed by atoms with E-state index < -0.39 is 0 Å². The minimum atomic E-state index is -0.126. The van der Waals surface area contributed by atoms with Crippen LogP contribution < -0.4 is 5.32 Å². The van der Waals surface area contributed by atoms with E-state index in [1.807, 2.05) is 18.2 Å². The zero-order chi connectivity index (χ0) is 15.6. The Hall–Kier alpha value is -2.95. The molecular formula is C18H16N4O. The normalized spacial score (nSPS) is 15.6. The Bertz CT molecular complexity index is 841. The van der Waals surface area contributed by atoms with Gasteiger partial charge in [-0.15, -0.1) is 0 Å². The first kappa shape index (κ1) is 13.7. The SMILES string of the molecule is O=C(NCC1Cc2ccccc21)c1[nH]ncc1-c1ccncc1. The Kier molecular flexibility index (Phi) is 3.38. The van der Waals surface area contributed by atoms with Gasteiger partial charge in [0.05, 0.1) is 6.20 Å². The highest BCUT2D eigenvalue weighted by molar-refractivity contribution is 5.98.